The van der Waals surface area contributed by atoms with Gasteiger partial charge in [-0.05, 0) is 31.8 Å². The van der Waals surface area contributed by atoms with Crippen LogP contribution in [0.4, 0.5) is 5.69 Å². The molecule has 1 aromatic rings. The minimum atomic E-state index is -0.195. The van der Waals surface area contributed by atoms with Crippen LogP contribution < -0.4 is 11.1 Å². The first-order valence-corrected chi connectivity index (χ1v) is 6.94. The molecule has 4 N–H and O–H groups in total. The zero-order valence-corrected chi connectivity index (χ0v) is 11.7. The van der Waals surface area contributed by atoms with Gasteiger partial charge < -0.3 is 16.0 Å². The van der Waals surface area contributed by atoms with E-state index in [-0.39, 0.29) is 11.8 Å². The van der Waals surface area contributed by atoms with Gasteiger partial charge in [-0.3, -0.25) is 9.89 Å². The van der Waals surface area contributed by atoms with Crippen molar-refractivity contribution in [3.8, 4) is 0 Å². The van der Waals surface area contributed by atoms with Gasteiger partial charge in [0.25, 0.3) is 5.91 Å². The molecule has 0 bridgehead atoms. The lowest BCUT2D eigenvalue weighted by molar-refractivity contribution is 0.0945. The smallest absolute Gasteiger partial charge is 0.273 e. The fourth-order valence-corrected chi connectivity index (χ4v) is 2.39. The lowest BCUT2D eigenvalue weighted by Gasteiger charge is -2.14. The van der Waals surface area contributed by atoms with Crippen LogP contribution in [0.15, 0.2) is 0 Å². The molecule has 0 spiro atoms. The first-order valence-electron chi connectivity index (χ1n) is 6.94. The van der Waals surface area contributed by atoms with Crippen molar-refractivity contribution in [2.45, 2.75) is 32.6 Å². The number of aromatic nitrogens is 2. The van der Waals surface area contributed by atoms with E-state index >= 15 is 0 Å². The Morgan fingerprint density at radius 2 is 2.16 bits per heavy atom. The highest BCUT2D eigenvalue weighted by atomic mass is 16.1. The summed E-state index contributed by atoms with van der Waals surface area (Å²) in [5.41, 5.74) is 7.53. The Balaban J connectivity index is 1.85. The SMILES string of the molecule is CC(C)c1[nH]nc(C(=O)NCCN2CCCC2)c1N. The Morgan fingerprint density at radius 3 is 2.74 bits per heavy atom. The molecule has 1 saturated heterocycles. The number of carbonyl (C=O) groups is 1. The van der Waals surface area contributed by atoms with Crippen LogP contribution in [0.2, 0.25) is 0 Å². The minimum absolute atomic E-state index is 0.195. The summed E-state index contributed by atoms with van der Waals surface area (Å²) in [5, 5.41) is 9.73. The highest BCUT2D eigenvalue weighted by Crippen LogP contribution is 2.21. The number of hydrogen-bond donors (Lipinski definition) is 3. The monoisotopic (exact) mass is 265 g/mol. The van der Waals surface area contributed by atoms with Crippen molar-refractivity contribution in [1.29, 1.82) is 0 Å². The van der Waals surface area contributed by atoms with E-state index in [0.29, 0.717) is 17.9 Å². The van der Waals surface area contributed by atoms with Crippen LogP contribution in [-0.2, 0) is 0 Å². The lowest BCUT2D eigenvalue weighted by Crippen LogP contribution is -2.33. The normalized spacial score (nSPS) is 16.2. The Bertz CT molecular complexity index is 434. The molecular weight excluding hydrogens is 242 g/mol. The maximum Gasteiger partial charge on any atom is 0.273 e. The van der Waals surface area contributed by atoms with E-state index in [1.165, 1.54) is 12.8 Å². The molecule has 2 heterocycles. The molecule has 0 unspecified atom stereocenters. The molecule has 0 radical (unpaired) electrons. The molecule has 0 aliphatic carbocycles. The van der Waals surface area contributed by atoms with E-state index in [4.69, 9.17) is 5.73 Å². The summed E-state index contributed by atoms with van der Waals surface area (Å²) in [6.45, 7) is 7.84. The van der Waals surface area contributed by atoms with Gasteiger partial charge in [-0.25, -0.2) is 0 Å². The maximum atomic E-state index is 12.0. The number of hydrogen-bond acceptors (Lipinski definition) is 4. The first kappa shape index (κ1) is 13.9. The standard InChI is InChI=1S/C13H23N5O/c1-9(2)11-10(14)12(17-16-11)13(19)15-5-8-18-6-3-4-7-18/h9H,3-8,14H2,1-2H3,(H,15,19)(H,16,17). The number of rotatable bonds is 5. The second-order valence-corrected chi connectivity index (χ2v) is 5.36. The average molecular weight is 265 g/mol. The van der Waals surface area contributed by atoms with Crippen molar-refractivity contribution in [3.05, 3.63) is 11.4 Å². The molecule has 1 aliphatic heterocycles. The number of amides is 1. The van der Waals surface area contributed by atoms with Gasteiger partial charge in [0.05, 0.1) is 11.4 Å². The van der Waals surface area contributed by atoms with Crippen LogP contribution in [-0.4, -0.2) is 47.2 Å². The summed E-state index contributed by atoms with van der Waals surface area (Å²) in [6, 6.07) is 0. The molecule has 1 amide bonds. The van der Waals surface area contributed by atoms with Gasteiger partial charge in [0.2, 0.25) is 0 Å². The molecule has 0 atom stereocenters. The van der Waals surface area contributed by atoms with E-state index in [1.807, 2.05) is 13.8 Å². The highest BCUT2D eigenvalue weighted by Gasteiger charge is 2.19. The van der Waals surface area contributed by atoms with Gasteiger partial charge in [-0.2, -0.15) is 5.10 Å². The number of nitrogens with zero attached hydrogens (tertiary/aromatic N) is 2. The van der Waals surface area contributed by atoms with Crippen molar-refractivity contribution in [2.24, 2.45) is 0 Å². The van der Waals surface area contributed by atoms with Gasteiger partial charge in [-0.1, -0.05) is 13.8 Å². The third-order valence-corrected chi connectivity index (χ3v) is 3.54. The number of nitrogens with two attached hydrogens (primary N) is 1. The average Bonchev–Trinajstić information content (AvgIpc) is 2.98. The van der Waals surface area contributed by atoms with Gasteiger partial charge >= 0.3 is 0 Å². The predicted octanol–water partition coefficient (Wildman–Crippen LogP) is 0.941. The largest absolute Gasteiger partial charge is 0.395 e. The van der Waals surface area contributed by atoms with E-state index in [0.717, 1.165) is 25.3 Å². The molecule has 1 aliphatic rings. The van der Waals surface area contributed by atoms with Gasteiger partial charge in [0.1, 0.15) is 0 Å². The van der Waals surface area contributed by atoms with Crippen LogP contribution in [0.1, 0.15) is 48.8 Å². The maximum absolute atomic E-state index is 12.0. The zero-order valence-electron chi connectivity index (χ0n) is 11.7. The fraction of sp³-hybridized carbons (Fsp3) is 0.692. The van der Waals surface area contributed by atoms with Crippen molar-refractivity contribution in [2.75, 3.05) is 31.9 Å². The van der Waals surface area contributed by atoms with Crippen LogP contribution in [0.3, 0.4) is 0 Å². The number of anilines is 1. The topological polar surface area (TPSA) is 87.0 Å². The number of nitrogens with one attached hydrogen (secondary N) is 2. The molecule has 1 aromatic heterocycles. The first-order chi connectivity index (χ1) is 9.09. The number of aromatic amines is 1. The Kier molecular flexibility index (Phi) is 4.42. The van der Waals surface area contributed by atoms with Gasteiger partial charge in [-0.15, -0.1) is 0 Å². The highest BCUT2D eigenvalue weighted by molar-refractivity contribution is 5.97. The van der Waals surface area contributed by atoms with Crippen LogP contribution in [0.5, 0.6) is 0 Å². The van der Waals surface area contributed by atoms with Crippen molar-refractivity contribution in [1.82, 2.24) is 20.4 Å². The van der Waals surface area contributed by atoms with Gasteiger partial charge in [0.15, 0.2) is 5.69 Å². The molecule has 1 fully saturated rings. The second-order valence-electron chi connectivity index (χ2n) is 5.36. The molecule has 19 heavy (non-hydrogen) atoms. The summed E-state index contributed by atoms with van der Waals surface area (Å²) < 4.78 is 0. The summed E-state index contributed by atoms with van der Waals surface area (Å²) in [6.07, 6.45) is 2.52. The molecule has 0 aromatic carbocycles. The third-order valence-electron chi connectivity index (χ3n) is 3.54. The number of likely N-dealkylation sites (tertiary alicyclic amines) is 1. The summed E-state index contributed by atoms with van der Waals surface area (Å²) in [5.74, 6) is 0.0403. The van der Waals surface area contributed by atoms with Crippen LogP contribution in [0, 0.1) is 0 Å². The van der Waals surface area contributed by atoms with Gasteiger partial charge in [0, 0.05) is 13.1 Å². The number of carbonyl (C=O) groups excluding carboxylic acids is 1. The van der Waals surface area contributed by atoms with Crippen molar-refractivity contribution < 1.29 is 4.79 Å². The van der Waals surface area contributed by atoms with Crippen molar-refractivity contribution >= 4 is 11.6 Å². The lowest BCUT2D eigenvalue weighted by atomic mass is 10.1. The quantitative estimate of drug-likeness (QED) is 0.739. The molecule has 2 rings (SSSR count). The predicted molar refractivity (Wildman–Crippen MR) is 75.1 cm³/mol. The molecule has 6 nitrogen and oxygen atoms in total. The minimum Gasteiger partial charge on any atom is -0.395 e. The molecule has 6 heteroatoms. The van der Waals surface area contributed by atoms with E-state index in [2.05, 4.69) is 20.4 Å². The van der Waals surface area contributed by atoms with Crippen LogP contribution in [0.25, 0.3) is 0 Å². The zero-order chi connectivity index (χ0) is 13.8. The Morgan fingerprint density at radius 1 is 1.47 bits per heavy atom. The Labute approximate surface area is 113 Å². The summed E-state index contributed by atoms with van der Waals surface area (Å²) in [7, 11) is 0. The number of nitrogen functional groups attached to an aromatic ring is 1. The van der Waals surface area contributed by atoms with E-state index < -0.39 is 0 Å². The second kappa shape index (κ2) is 6.06. The third kappa shape index (κ3) is 3.26. The Hall–Kier alpha value is -1.56. The summed E-state index contributed by atoms with van der Waals surface area (Å²) >= 11 is 0. The number of H-pyrrole nitrogens is 1. The van der Waals surface area contributed by atoms with E-state index in [1.54, 1.807) is 0 Å². The van der Waals surface area contributed by atoms with Crippen molar-refractivity contribution in [3.63, 3.8) is 0 Å². The summed E-state index contributed by atoms with van der Waals surface area (Å²) in [4.78, 5) is 14.3. The van der Waals surface area contributed by atoms with Crippen LogP contribution >= 0.6 is 0 Å². The molecular formula is C13H23N5O. The van der Waals surface area contributed by atoms with E-state index in [9.17, 15) is 4.79 Å². The molecule has 106 valence electrons. The fourth-order valence-electron chi connectivity index (χ4n) is 2.39. The molecule has 0 saturated carbocycles.